The molecule has 0 aromatic carbocycles. The van der Waals surface area contributed by atoms with Gasteiger partial charge in [-0.15, -0.1) is 0 Å². The quantitative estimate of drug-likeness (QED) is 0.497. The molecule has 18 heavy (non-hydrogen) atoms. The van der Waals surface area contributed by atoms with Crippen LogP contribution in [0, 0.1) is 0 Å². The minimum Gasteiger partial charge on any atom is -0.379 e. The molecule has 0 aromatic heterocycles. The number of nitrogens with two attached hydrogens (primary N) is 1. The summed E-state index contributed by atoms with van der Waals surface area (Å²) in [5, 5.41) is 0. The normalized spacial score (nSPS) is 20.9. The van der Waals surface area contributed by atoms with Gasteiger partial charge in [0.2, 0.25) is 0 Å². The summed E-state index contributed by atoms with van der Waals surface area (Å²) >= 11 is 0. The molecule has 1 atom stereocenters. The van der Waals surface area contributed by atoms with E-state index < -0.39 is 9.84 Å². The molecule has 1 saturated heterocycles. The molecule has 7 heteroatoms. The summed E-state index contributed by atoms with van der Waals surface area (Å²) in [4.78, 5) is 2.29. The largest absolute Gasteiger partial charge is 0.379 e. The van der Waals surface area contributed by atoms with Crippen molar-refractivity contribution in [2.45, 2.75) is 31.8 Å². The van der Waals surface area contributed by atoms with Gasteiger partial charge in [-0.05, 0) is 20.3 Å². The van der Waals surface area contributed by atoms with E-state index in [4.69, 9.17) is 10.6 Å². The van der Waals surface area contributed by atoms with Crippen molar-refractivity contribution in [1.82, 2.24) is 10.3 Å². The molecule has 0 aliphatic carbocycles. The average molecular weight is 279 g/mol. The fourth-order valence-corrected chi connectivity index (χ4v) is 3.00. The molecule has 0 saturated carbocycles. The van der Waals surface area contributed by atoms with Gasteiger partial charge in [-0.1, -0.05) is 0 Å². The van der Waals surface area contributed by atoms with E-state index >= 15 is 0 Å². The maximum absolute atomic E-state index is 11.3. The minimum atomic E-state index is -2.96. The van der Waals surface area contributed by atoms with Crippen LogP contribution in [0.15, 0.2) is 0 Å². The molecule has 108 valence electrons. The molecule has 0 bridgehead atoms. The Balaban J connectivity index is 2.66. The second kappa shape index (κ2) is 6.29. The summed E-state index contributed by atoms with van der Waals surface area (Å²) in [6.07, 6.45) is 1.77. The highest BCUT2D eigenvalue weighted by Crippen LogP contribution is 2.22. The van der Waals surface area contributed by atoms with Crippen LogP contribution in [0.1, 0.15) is 20.3 Å². The zero-order valence-corrected chi connectivity index (χ0v) is 12.3. The Labute approximate surface area is 110 Å². The molecule has 0 amide bonds. The van der Waals surface area contributed by atoms with Gasteiger partial charge in [-0.2, -0.15) is 0 Å². The van der Waals surface area contributed by atoms with Crippen molar-refractivity contribution >= 4 is 9.84 Å². The number of nitrogens with one attached hydrogen (secondary N) is 1. The van der Waals surface area contributed by atoms with Crippen molar-refractivity contribution in [3.63, 3.8) is 0 Å². The molecule has 1 rings (SSSR count). The fraction of sp³-hybridized carbons (Fsp3) is 1.00. The van der Waals surface area contributed by atoms with Gasteiger partial charge in [-0.3, -0.25) is 16.2 Å². The standard InChI is InChI=1S/C11H25N3O3S/c1-11(2,14-5-7-17-8-6-14)10(13-12)4-9-18(3,15)16/h10,13H,4-9,12H2,1-3H3. The minimum absolute atomic E-state index is 0.0645. The van der Waals surface area contributed by atoms with Crippen molar-refractivity contribution < 1.29 is 13.2 Å². The second-order valence-electron chi connectivity index (χ2n) is 5.39. The lowest BCUT2D eigenvalue weighted by Crippen LogP contribution is -2.62. The first-order valence-corrected chi connectivity index (χ1v) is 8.30. The zero-order chi connectivity index (χ0) is 13.8. The van der Waals surface area contributed by atoms with Crippen LogP contribution in [0.3, 0.4) is 0 Å². The molecule has 1 heterocycles. The highest BCUT2D eigenvalue weighted by molar-refractivity contribution is 7.90. The Hall–Kier alpha value is -0.210. The molecular weight excluding hydrogens is 254 g/mol. The third-order valence-corrected chi connectivity index (χ3v) is 4.63. The van der Waals surface area contributed by atoms with Gasteiger partial charge in [0, 0.05) is 30.9 Å². The van der Waals surface area contributed by atoms with Crippen LogP contribution >= 0.6 is 0 Å². The van der Waals surface area contributed by atoms with E-state index in [1.165, 1.54) is 6.26 Å². The van der Waals surface area contributed by atoms with E-state index in [1.807, 2.05) is 0 Å². The van der Waals surface area contributed by atoms with Crippen molar-refractivity contribution in [1.29, 1.82) is 0 Å². The number of rotatable bonds is 6. The lowest BCUT2D eigenvalue weighted by atomic mass is 9.90. The summed E-state index contributed by atoms with van der Waals surface area (Å²) in [7, 11) is -2.96. The van der Waals surface area contributed by atoms with Crippen LogP contribution < -0.4 is 11.3 Å². The van der Waals surface area contributed by atoms with Crippen LogP contribution in [-0.2, 0) is 14.6 Å². The summed E-state index contributed by atoms with van der Waals surface area (Å²) in [6.45, 7) is 7.31. The summed E-state index contributed by atoms with van der Waals surface area (Å²) in [5.74, 6) is 5.74. The molecule has 1 aliphatic heterocycles. The number of hydrogen-bond donors (Lipinski definition) is 2. The van der Waals surface area contributed by atoms with Crippen molar-refractivity contribution in [2.24, 2.45) is 5.84 Å². The van der Waals surface area contributed by atoms with E-state index in [0.29, 0.717) is 19.6 Å². The van der Waals surface area contributed by atoms with E-state index in [2.05, 4.69) is 24.2 Å². The molecule has 0 aromatic rings. The molecule has 0 radical (unpaired) electrons. The van der Waals surface area contributed by atoms with Gasteiger partial charge in [0.05, 0.1) is 19.0 Å². The Kier molecular flexibility index (Phi) is 5.54. The van der Waals surface area contributed by atoms with Gasteiger partial charge in [-0.25, -0.2) is 8.42 Å². The predicted octanol–water partition coefficient (Wildman–Crippen LogP) is -0.636. The zero-order valence-electron chi connectivity index (χ0n) is 11.5. The van der Waals surface area contributed by atoms with Gasteiger partial charge in [0.1, 0.15) is 9.84 Å². The maximum atomic E-state index is 11.3. The molecule has 1 unspecified atom stereocenters. The summed E-state index contributed by atoms with van der Waals surface area (Å²) in [6, 6.07) is -0.0645. The first kappa shape index (κ1) is 15.8. The Morgan fingerprint density at radius 3 is 2.39 bits per heavy atom. The monoisotopic (exact) mass is 279 g/mol. The Morgan fingerprint density at radius 2 is 1.94 bits per heavy atom. The highest BCUT2D eigenvalue weighted by Gasteiger charge is 2.35. The average Bonchev–Trinajstić information content (AvgIpc) is 2.29. The molecule has 3 N–H and O–H groups in total. The number of morpholine rings is 1. The van der Waals surface area contributed by atoms with E-state index in [0.717, 1.165) is 13.1 Å². The van der Waals surface area contributed by atoms with Crippen LogP contribution in [-0.4, -0.2) is 63.2 Å². The van der Waals surface area contributed by atoms with E-state index in [1.54, 1.807) is 0 Å². The summed E-state index contributed by atoms with van der Waals surface area (Å²) in [5.41, 5.74) is 2.57. The van der Waals surface area contributed by atoms with Gasteiger partial charge in [0.25, 0.3) is 0 Å². The lowest BCUT2D eigenvalue weighted by molar-refractivity contribution is -0.0237. The SMILES string of the molecule is CC(C)(C(CCS(C)(=O)=O)NN)N1CCOCC1. The van der Waals surface area contributed by atoms with Gasteiger partial charge in [0.15, 0.2) is 0 Å². The Morgan fingerprint density at radius 1 is 1.39 bits per heavy atom. The molecule has 1 aliphatic rings. The van der Waals surface area contributed by atoms with Gasteiger partial charge < -0.3 is 4.74 Å². The number of ether oxygens (including phenoxy) is 1. The Bertz CT molecular complexity index is 351. The maximum Gasteiger partial charge on any atom is 0.147 e. The summed E-state index contributed by atoms with van der Waals surface area (Å²) < 4.78 is 27.8. The first-order chi connectivity index (χ1) is 8.27. The molecule has 0 spiro atoms. The van der Waals surface area contributed by atoms with Crippen LogP contribution in [0.5, 0.6) is 0 Å². The van der Waals surface area contributed by atoms with E-state index in [-0.39, 0.29) is 17.3 Å². The topological polar surface area (TPSA) is 84.7 Å². The second-order valence-corrected chi connectivity index (χ2v) is 7.65. The van der Waals surface area contributed by atoms with Crippen LogP contribution in [0.25, 0.3) is 0 Å². The van der Waals surface area contributed by atoms with Crippen molar-refractivity contribution in [2.75, 3.05) is 38.3 Å². The van der Waals surface area contributed by atoms with Crippen molar-refractivity contribution in [3.05, 3.63) is 0 Å². The third kappa shape index (κ3) is 4.47. The number of nitrogens with zero attached hydrogens (tertiary/aromatic N) is 1. The molecular formula is C11H25N3O3S. The molecule has 1 fully saturated rings. The number of hydrogen-bond acceptors (Lipinski definition) is 6. The van der Waals surface area contributed by atoms with Crippen LogP contribution in [0.2, 0.25) is 0 Å². The van der Waals surface area contributed by atoms with Crippen molar-refractivity contribution in [3.8, 4) is 0 Å². The first-order valence-electron chi connectivity index (χ1n) is 6.24. The lowest BCUT2D eigenvalue weighted by Gasteiger charge is -2.45. The predicted molar refractivity (Wildman–Crippen MR) is 71.9 cm³/mol. The smallest absolute Gasteiger partial charge is 0.147 e. The molecule has 6 nitrogen and oxygen atoms in total. The third-order valence-electron chi connectivity index (χ3n) is 3.66. The number of sulfone groups is 1. The van der Waals surface area contributed by atoms with Gasteiger partial charge >= 0.3 is 0 Å². The van der Waals surface area contributed by atoms with Crippen LogP contribution in [0.4, 0.5) is 0 Å². The number of hydrazine groups is 1. The highest BCUT2D eigenvalue weighted by atomic mass is 32.2. The van der Waals surface area contributed by atoms with E-state index in [9.17, 15) is 8.42 Å². The fourth-order valence-electron chi connectivity index (χ4n) is 2.33.